The third kappa shape index (κ3) is 2.29. The molecule has 0 saturated heterocycles. The van der Waals surface area contributed by atoms with Crippen LogP contribution in [0, 0.1) is 0 Å². The Morgan fingerprint density at radius 1 is 1.25 bits per heavy atom. The Kier molecular flexibility index (Phi) is 3.44. The van der Waals surface area contributed by atoms with Crippen molar-refractivity contribution in [1.82, 2.24) is 4.98 Å². The van der Waals surface area contributed by atoms with E-state index in [1.807, 2.05) is 36.2 Å². The van der Waals surface area contributed by atoms with Crippen molar-refractivity contribution in [3.63, 3.8) is 0 Å². The molecule has 0 unspecified atom stereocenters. The zero-order valence-corrected chi connectivity index (χ0v) is 12.4. The number of Topliss-reactive ketones (excluding diaryl/α,β-unsaturated/α-hetero) is 1. The number of carbonyl (C=O) groups is 1. The van der Waals surface area contributed by atoms with E-state index in [0.29, 0.717) is 12.1 Å². The summed E-state index contributed by atoms with van der Waals surface area (Å²) in [6, 6.07) is 7.82. The number of anilines is 2. The van der Waals surface area contributed by atoms with Gasteiger partial charge in [-0.25, -0.2) is 4.98 Å². The van der Waals surface area contributed by atoms with Crippen molar-refractivity contribution in [3.05, 3.63) is 34.8 Å². The van der Waals surface area contributed by atoms with Gasteiger partial charge in [0.05, 0.1) is 7.11 Å². The molecule has 0 saturated carbocycles. The van der Waals surface area contributed by atoms with Gasteiger partial charge in [0.1, 0.15) is 11.4 Å². The largest absolute Gasteiger partial charge is 0.497 e. The van der Waals surface area contributed by atoms with Gasteiger partial charge < -0.3 is 9.64 Å². The number of carbonyl (C=O) groups excluding carboxylic acids is 1. The lowest BCUT2D eigenvalue weighted by atomic mass is 10.0. The lowest BCUT2D eigenvalue weighted by Crippen LogP contribution is -2.11. The van der Waals surface area contributed by atoms with E-state index >= 15 is 0 Å². The van der Waals surface area contributed by atoms with Gasteiger partial charge in [0.15, 0.2) is 10.9 Å². The number of rotatable bonds is 3. The summed E-state index contributed by atoms with van der Waals surface area (Å²) < 4.78 is 5.16. The summed E-state index contributed by atoms with van der Waals surface area (Å²) in [6.07, 6.45) is 2.54. The molecule has 1 aliphatic rings. The van der Waals surface area contributed by atoms with E-state index in [9.17, 15) is 4.79 Å². The number of aryl methyl sites for hydroxylation is 1. The molecule has 0 radical (unpaired) electrons. The van der Waals surface area contributed by atoms with Crippen LogP contribution in [0.25, 0.3) is 0 Å². The number of nitrogens with zero attached hydrogens (tertiary/aromatic N) is 2. The molecule has 0 amide bonds. The van der Waals surface area contributed by atoms with Crippen LogP contribution in [0.5, 0.6) is 5.75 Å². The fourth-order valence-corrected chi connectivity index (χ4v) is 3.42. The van der Waals surface area contributed by atoms with Crippen molar-refractivity contribution in [1.29, 1.82) is 0 Å². The number of hydrogen-bond acceptors (Lipinski definition) is 5. The van der Waals surface area contributed by atoms with Gasteiger partial charge in [-0.2, -0.15) is 0 Å². The maximum absolute atomic E-state index is 11.9. The third-order valence-electron chi connectivity index (χ3n) is 3.50. The smallest absolute Gasteiger partial charge is 0.190 e. The molecule has 0 aliphatic heterocycles. The van der Waals surface area contributed by atoms with Crippen molar-refractivity contribution < 1.29 is 9.53 Å². The van der Waals surface area contributed by atoms with Crippen LogP contribution < -0.4 is 9.64 Å². The average Bonchev–Trinajstić information content (AvgIpc) is 2.92. The van der Waals surface area contributed by atoms with Crippen LogP contribution in [-0.4, -0.2) is 24.9 Å². The van der Waals surface area contributed by atoms with Crippen LogP contribution in [0.4, 0.5) is 10.8 Å². The fraction of sp³-hybridized carbons (Fsp3) is 0.333. The van der Waals surface area contributed by atoms with E-state index in [1.165, 1.54) is 0 Å². The topological polar surface area (TPSA) is 42.4 Å². The summed E-state index contributed by atoms with van der Waals surface area (Å²) in [5.74, 6) is 1.01. The molecule has 0 N–H and O–H groups in total. The summed E-state index contributed by atoms with van der Waals surface area (Å²) in [7, 11) is 3.62. The first-order valence-electron chi connectivity index (χ1n) is 6.59. The monoisotopic (exact) mass is 288 g/mol. The van der Waals surface area contributed by atoms with Crippen molar-refractivity contribution in [2.75, 3.05) is 19.1 Å². The van der Waals surface area contributed by atoms with Crippen LogP contribution in [0.2, 0.25) is 0 Å². The number of fused-ring (bicyclic) bond motifs is 1. The standard InChI is InChI=1S/C15H16N2O2S/c1-17(10-6-8-11(19-2)9-7-10)15-16-14-12(18)4-3-5-13(14)20-15/h6-9H,3-5H2,1-2H3. The molecule has 2 aromatic rings. The van der Waals surface area contributed by atoms with Gasteiger partial charge in [-0.1, -0.05) is 0 Å². The second kappa shape index (κ2) is 5.25. The molecule has 1 aromatic carbocycles. The summed E-state index contributed by atoms with van der Waals surface area (Å²) in [5, 5.41) is 0.871. The molecule has 1 heterocycles. The first-order chi connectivity index (χ1) is 9.69. The molecule has 0 atom stereocenters. The zero-order valence-electron chi connectivity index (χ0n) is 11.5. The number of aromatic nitrogens is 1. The number of ether oxygens (including phenoxy) is 1. The lowest BCUT2D eigenvalue weighted by Gasteiger charge is -2.15. The van der Waals surface area contributed by atoms with Crippen LogP contribution >= 0.6 is 11.3 Å². The van der Waals surface area contributed by atoms with Gasteiger partial charge in [0.2, 0.25) is 0 Å². The second-order valence-electron chi connectivity index (χ2n) is 4.80. The minimum absolute atomic E-state index is 0.178. The Hall–Kier alpha value is -1.88. The first-order valence-corrected chi connectivity index (χ1v) is 7.41. The number of methoxy groups -OCH3 is 1. The molecular weight excluding hydrogens is 272 g/mol. The zero-order chi connectivity index (χ0) is 14.1. The Bertz CT molecular complexity index is 634. The van der Waals surface area contributed by atoms with E-state index < -0.39 is 0 Å². The van der Waals surface area contributed by atoms with Crippen LogP contribution in [-0.2, 0) is 6.42 Å². The van der Waals surface area contributed by atoms with Crippen molar-refractivity contribution >= 4 is 27.9 Å². The highest BCUT2D eigenvalue weighted by molar-refractivity contribution is 7.16. The van der Waals surface area contributed by atoms with Gasteiger partial charge in [0.25, 0.3) is 0 Å². The minimum atomic E-state index is 0.178. The SMILES string of the molecule is COc1ccc(N(C)c2nc3c(s2)CCCC3=O)cc1. The number of ketones is 1. The van der Waals surface area contributed by atoms with Crippen molar-refractivity contribution in [2.24, 2.45) is 0 Å². The predicted octanol–water partition coefficient (Wildman–Crippen LogP) is 3.44. The van der Waals surface area contributed by atoms with Crippen LogP contribution in [0.1, 0.15) is 28.2 Å². The van der Waals surface area contributed by atoms with Gasteiger partial charge >= 0.3 is 0 Å². The van der Waals surface area contributed by atoms with Gasteiger partial charge in [0, 0.05) is 24.0 Å². The lowest BCUT2D eigenvalue weighted by molar-refractivity contribution is 0.0968. The third-order valence-corrected chi connectivity index (χ3v) is 4.70. The van der Waals surface area contributed by atoms with Gasteiger partial charge in [-0.15, -0.1) is 11.3 Å². The molecule has 1 aliphatic carbocycles. The molecule has 5 heteroatoms. The van der Waals surface area contributed by atoms with Crippen LogP contribution in [0.15, 0.2) is 24.3 Å². The molecule has 0 spiro atoms. The van der Waals surface area contributed by atoms with Crippen molar-refractivity contribution in [2.45, 2.75) is 19.3 Å². The molecule has 3 rings (SSSR count). The van der Waals surface area contributed by atoms with E-state index in [0.717, 1.165) is 34.3 Å². The summed E-state index contributed by atoms with van der Waals surface area (Å²) >= 11 is 1.61. The summed E-state index contributed by atoms with van der Waals surface area (Å²) in [4.78, 5) is 19.5. The maximum Gasteiger partial charge on any atom is 0.190 e. The quantitative estimate of drug-likeness (QED) is 0.867. The fourth-order valence-electron chi connectivity index (χ4n) is 2.31. The Balaban J connectivity index is 1.90. The highest BCUT2D eigenvalue weighted by atomic mass is 32.1. The van der Waals surface area contributed by atoms with E-state index in [4.69, 9.17) is 4.74 Å². The minimum Gasteiger partial charge on any atom is -0.497 e. The summed E-state index contributed by atoms with van der Waals surface area (Å²) in [6.45, 7) is 0. The Morgan fingerprint density at radius 2 is 2.00 bits per heavy atom. The van der Waals surface area contributed by atoms with Gasteiger partial charge in [-0.3, -0.25) is 4.79 Å². The van der Waals surface area contributed by atoms with Crippen LogP contribution in [0.3, 0.4) is 0 Å². The maximum atomic E-state index is 11.9. The number of thiazole rings is 1. The highest BCUT2D eigenvalue weighted by Crippen LogP contribution is 2.34. The van der Waals surface area contributed by atoms with E-state index in [-0.39, 0.29) is 5.78 Å². The summed E-state index contributed by atoms with van der Waals surface area (Å²) in [5.41, 5.74) is 1.71. The number of benzene rings is 1. The molecule has 20 heavy (non-hydrogen) atoms. The average molecular weight is 288 g/mol. The molecular formula is C15H16N2O2S. The second-order valence-corrected chi connectivity index (χ2v) is 5.86. The normalized spacial score (nSPS) is 14.0. The van der Waals surface area contributed by atoms with Crippen molar-refractivity contribution in [3.8, 4) is 5.75 Å². The molecule has 0 bridgehead atoms. The Labute approximate surface area is 122 Å². The van der Waals surface area contributed by atoms with E-state index in [2.05, 4.69) is 4.98 Å². The molecule has 104 valence electrons. The highest BCUT2D eigenvalue weighted by Gasteiger charge is 2.23. The predicted molar refractivity (Wildman–Crippen MR) is 80.4 cm³/mol. The molecule has 0 fully saturated rings. The van der Waals surface area contributed by atoms with E-state index in [1.54, 1.807) is 18.4 Å². The molecule has 1 aromatic heterocycles. The number of hydrogen-bond donors (Lipinski definition) is 0. The first kappa shape index (κ1) is 13.1. The Morgan fingerprint density at radius 3 is 2.65 bits per heavy atom. The molecule has 4 nitrogen and oxygen atoms in total. The van der Waals surface area contributed by atoms with Gasteiger partial charge in [-0.05, 0) is 37.1 Å².